The second-order valence-corrected chi connectivity index (χ2v) is 34.7. The van der Waals surface area contributed by atoms with Gasteiger partial charge in [-0.25, -0.2) is 0 Å². The quantitative estimate of drug-likeness (QED) is 0.0437. The van der Waals surface area contributed by atoms with Crippen LogP contribution < -0.4 is 0 Å². The Morgan fingerprint density at radius 3 is 0.312 bits per heavy atom. The lowest BCUT2D eigenvalue weighted by Gasteiger charge is -2.48. The molecule has 0 unspecified atom stereocenters. The summed E-state index contributed by atoms with van der Waals surface area (Å²) in [5, 5.41) is 0. The third kappa shape index (κ3) is 55.4. The van der Waals surface area contributed by atoms with Crippen molar-refractivity contribution >= 4 is 70.6 Å². The minimum atomic E-state index is 0.195. The van der Waals surface area contributed by atoms with Crippen LogP contribution in [0.5, 0.6) is 0 Å². The van der Waals surface area contributed by atoms with Gasteiger partial charge < -0.3 is 0 Å². The molecule has 0 aromatic carbocycles. The highest BCUT2D eigenvalue weighted by Gasteiger charge is 2.54. The molecule has 80 heavy (non-hydrogen) atoms. The van der Waals surface area contributed by atoms with Crippen molar-refractivity contribution in [1.29, 1.82) is 0 Å². The van der Waals surface area contributed by atoms with E-state index in [-0.39, 0.29) is 6.82 Å². The van der Waals surface area contributed by atoms with Crippen LogP contribution in [0.15, 0.2) is 0 Å². The van der Waals surface area contributed by atoms with E-state index in [9.17, 15) is 0 Å². The Morgan fingerprint density at radius 1 is 0.125 bits per heavy atom. The van der Waals surface area contributed by atoms with Gasteiger partial charge in [-0.05, 0) is 73.0 Å². The van der Waals surface area contributed by atoms with Crippen LogP contribution in [0.2, 0.25) is 0 Å². The molecule has 0 aliphatic heterocycles. The molecule has 0 spiro atoms. The monoisotopic (exact) mass is 1230 g/mol. The van der Waals surface area contributed by atoms with E-state index in [1.807, 2.05) is 0 Å². The van der Waals surface area contributed by atoms with Crippen molar-refractivity contribution in [3.05, 3.63) is 0 Å². The summed E-state index contributed by atoms with van der Waals surface area (Å²) < 4.78 is 0.389. The first-order valence-corrected chi connectivity index (χ1v) is 43.4. The molecule has 0 N–H and O–H groups in total. The van der Waals surface area contributed by atoms with Crippen molar-refractivity contribution in [2.45, 2.75) is 434 Å². The molecule has 0 fully saturated rings. The zero-order valence-corrected chi connectivity index (χ0v) is 61.0. The fourth-order valence-electron chi connectivity index (χ4n) is 11.6. The van der Waals surface area contributed by atoms with Gasteiger partial charge in [-0.3, -0.25) is 0 Å². The maximum atomic E-state index is 2.53. The van der Waals surface area contributed by atoms with Gasteiger partial charge in [0.1, 0.15) is 6.82 Å². The van der Waals surface area contributed by atoms with Gasteiger partial charge in [0.05, 0.1) is 0 Å². The van der Waals surface area contributed by atoms with Crippen molar-refractivity contribution in [2.24, 2.45) is 0 Å². The van der Waals surface area contributed by atoms with E-state index in [4.69, 9.17) is 0 Å². The first-order valence-electron chi connectivity index (χ1n) is 37.4. The molecule has 0 heterocycles. The average Bonchev–Trinajstić information content (AvgIpc) is 3.47. The summed E-state index contributed by atoms with van der Waals surface area (Å²) in [4.78, 5) is 0. The highest BCUT2D eigenvalue weighted by molar-refractivity contribution is 8.42. The molecule has 0 radical (unpaired) electrons. The van der Waals surface area contributed by atoms with Gasteiger partial charge >= 0.3 is 0 Å². The van der Waals surface area contributed by atoms with E-state index < -0.39 is 0 Å². The van der Waals surface area contributed by atoms with Gasteiger partial charge in [-0.15, -0.1) is 70.6 Å². The average molecular weight is 1230 g/mol. The van der Waals surface area contributed by atoms with E-state index >= 15 is 0 Å². The van der Waals surface area contributed by atoms with Crippen LogP contribution in [0.3, 0.4) is 0 Å². The van der Waals surface area contributed by atoms with Crippen LogP contribution in [-0.2, 0) is 0 Å². The summed E-state index contributed by atoms with van der Waals surface area (Å²) in [6, 6.07) is 0. The van der Waals surface area contributed by atoms with E-state index in [0.717, 1.165) is 0 Å². The fraction of sp³-hybridized carbons (Fsp3) is 1.00. The largest absolute Gasteiger partial charge is 0.140 e. The Kier molecular flexibility index (Phi) is 72.0. The molecule has 0 amide bonds. The molecular weight excluding hydrogens is 1080 g/mol. The second kappa shape index (κ2) is 70.2. The fourth-order valence-corrected chi connectivity index (χ4v) is 24.5. The molecule has 0 atom stereocenters. The normalized spacial score (nSPS) is 12.2. The molecule has 0 nitrogen and oxygen atoms in total. The van der Waals surface area contributed by atoms with Crippen molar-refractivity contribution in [2.75, 3.05) is 34.5 Å². The summed E-state index contributed by atoms with van der Waals surface area (Å²) in [6.07, 6.45) is 86.6. The summed E-state index contributed by atoms with van der Waals surface area (Å²) in [7, 11) is 0. The molecule has 0 saturated heterocycles. The molecule has 0 bridgehead atoms. The Labute approximate surface area is 534 Å². The first-order chi connectivity index (χ1) is 39.6. The third-order valence-corrected chi connectivity index (χ3v) is 29.6. The lowest BCUT2D eigenvalue weighted by molar-refractivity contribution is 0.562. The Bertz CT molecular complexity index is 888. The van der Waals surface area contributed by atoms with Crippen molar-refractivity contribution < 1.29 is 0 Å². The Balaban J connectivity index is 6.81. The molecule has 6 heteroatoms. The summed E-state index contributed by atoms with van der Waals surface area (Å²) in [5.74, 6) is 8.20. The number of thioether (sulfide) groups is 6. The predicted octanol–water partition coefficient (Wildman–Crippen LogP) is 30.2. The standard InChI is InChI=1S/C74H150S6/c1-7-13-19-25-31-37-43-49-55-61-67-75-73(76-68-62-56-50-44-38-32-26-20-14-8-2,77-69-63-57-51-45-39-33-27-21-15-9-3)74(78-70-64-58-52-46-40-34-28-22-16-10-4,79-71-65-59-53-47-41-35-29-23-17-11-5)80-72-66-60-54-48-42-36-30-24-18-12-6/h7-72H2,1-6H3. The Morgan fingerprint density at radius 2 is 0.212 bits per heavy atom. The van der Waals surface area contributed by atoms with Gasteiger partial charge in [-0.1, -0.05) is 388 Å². The van der Waals surface area contributed by atoms with Gasteiger partial charge in [0.2, 0.25) is 0 Å². The van der Waals surface area contributed by atoms with Crippen molar-refractivity contribution in [3.63, 3.8) is 0 Å². The molecule has 0 aliphatic rings. The highest BCUT2D eigenvalue weighted by Crippen LogP contribution is 2.68. The molecule has 0 aliphatic carbocycles. The maximum absolute atomic E-state index is 2.53. The third-order valence-electron chi connectivity index (χ3n) is 17.1. The number of hydrogen-bond acceptors (Lipinski definition) is 6. The number of rotatable bonds is 73. The van der Waals surface area contributed by atoms with Crippen LogP contribution in [0.25, 0.3) is 0 Å². The zero-order valence-electron chi connectivity index (χ0n) is 56.1. The molecule has 482 valence electrons. The minimum Gasteiger partial charge on any atom is -0.130 e. The highest BCUT2D eigenvalue weighted by atomic mass is 32.3. The maximum Gasteiger partial charge on any atom is 0.140 e. The Hall–Kier alpha value is 2.10. The summed E-state index contributed by atoms with van der Waals surface area (Å²) >= 11 is 15.2. The van der Waals surface area contributed by atoms with Crippen LogP contribution >= 0.6 is 70.6 Å². The topological polar surface area (TPSA) is 0 Å². The van der Waals surface area contributed by atoms with E-state index in [2.05, 4.69) is 112 Å². The molecule has 0 saturated carbocycles. The van der Waals surface area contributed by atoms with Gasteiger partial charge in [0, 0.05) is 0 Å². The van der Waals surface area contributed by atoms with E-state index in [1.54, 1.807) is 0 Å². The SMILES string of the molecule is CCCCCCCCCCCCSC(SCCCCCCCCCCCC)(SCCCCCCCCCCCC)C(SCCCCCCCCCCCC)(SCCCCCCCCCCCC)SCCCCCCCCCCCC. The number of unbranched alkanes of at least 4 members (excludes halogenated alkanes) is 54. The van der Waals surface area contributed by atoms with E-state index in [1.165, 1.54) is 420 Å². The van der Waals surface area contributed by atoms with Gasteiger partial charge in [0.15, 0.2) is 0 Å². The van der Waals surface area contributed by atoms with Gasteiger partial charge in [-0.2, -0.15) is 0 Å². The van der Waals surface area contributed by atoms with Crippen molar-refractivity contribution in [1.82, 2.24) is 0 Å². The molecule has 0 aromatic rings. The minimum absolute atomic E-state index is 0.195. The van der Waals surface area contributed by atoms with Crippen LogP contribution in [-0.4, -0.2) is 41.3 Å². The first kappa shape index (κ1) is 82.1. The lowest BCUT2D eigenvalue weighted by Crippen LogP contribution is -2.41. The van der Waals surface area contributed by atoms with Crippen molar-refractivity contribution in [3.8, 4) is 0 Å². The summed E-state index contributed by atoms with van der Waals surface area (Å²) in [6.45, 7) is 14.1. The smallest absolute Gasteiger partial charge is 0.130 e. The van der Waals surface area contributed by atoms with Crippen LogP contribution in [0.1, 0.15) is 427 Å². The zero-order chi connectivity index (χ0) is 57.9. The predicted molar refractivity (Wildman–Crippen MR) is 391 cm³/mol. The van der Waals surface area contributed by atoms with Gasteiger partial charge in [0.25, 0.3) is 0 Å². The second-order valence-electron chi connectivity index (χ2n) is 25.3. The molecule has 0 aromatic heterocycles. The summed E-state index contributed by atoms with van der Waals surface area (Å²) in [5.41, 5.74) is 0. The van der Waals surface area contributed by atoms with Crippen LogP contribution in [0, 0.1) is 0 Å². The lowest BCUT2D eigenvalue weighted by atomic mass is 10.1. The molecular formula is C74H150S6. The van der Waals surface area contributed by atoms with E-state index in [0.29, 0.717) is 0 Å². The number of hydrogen-bond donors (Lipinski definition) is 0. The molecule has 0 rings (SSSR count). The van der Waals surface area contributed by atoms with Crippen LogP contribution in [0.4, 0.5) is 0 Å².